The molecule has 70 heavy (non-hydrogen) atoms. The molecule has 0 unspecified atom stereocenters. The Balaban J connectivity index is 1.05. The van der Waals surface area contributed by atoms with Crippen LogP contribution in [0.5, 0.6) is 0 Å². The van der Waals surface area contributed by atoms with Crippen molar-refractivity contribution < 1.29 is 0 Å². The van der Waals surface area contributed by atoms with Gasteiger partial charge in [0.25, 0.3) is 6.71 Å². The summed E-state index contributed by atoms with van der Waals surface area (Å²) in [5.74, 6) is 0. The highest BCUT2D eigenvalue weighted by Crippen LogP contribution is 2.49. The van der Waals surface area contributed by atoms with Crippen LogP contribution in [-0.4, -0.2) is 11.3 Å². The van der Waals surface area contributed by atoms with E-state index >= 15 is 0 Å². The molecule has 3 nitrogen and oxygen atoms in total. The second-order valence-electron chi connectivity index (χ2n) is 18.4. The van der Waals surface area contributed by atoms with Gasteiger partial charge in [-0.2, -0.15) is 0 Å². The molecule has 4 heteroatoms. The van der Waals surface area contributed by atoms with E-state index in [4.69, 9.17) is 0 Å². The average Bonchev–Trinajstić information content (AvgIpc) is 3.79. The molecule has 0 spiro atoms. The maximum Gasteiger partial charge on any atom is 0.252 e. The minimum atomic E-state index is -0.0625. The van der Waals surface area contributed by atoms with Crippen LogP contribution in [0.15, 0.2) is 267 Å². The van der Waals surface area contributed by atoms with Crippen molar-refractivity contribution in [3.8, 4) is 50.2 Å². The maximum absolute atomic E-state index is 2.57. The Labute approximate surface area is 408 Å². The number of fused-ring (bicyclic) bond motifs is 8. The first-order valence-corrected chi connectivity index (χ1v) is 24.2. The standard InChI is InChI=1S/C66H44BN3/c1-5-17-45(18-6-1)49-31-36-53(37-32-49)68-60-41-35-52(48-23-11-4-12-24-48)44-58(60)67-57-40-42-61-64(56-27-13-14-28-59(56)69(61)55-26-15-25-51(43-55)47-21-9-3-10-22-47)66(57)70(63-30-16-29-62(68)65(63)67)54-38-33-50(34-39-54)46-19-7-2-8-20-46/h1-44H. The normalized spacial score (nSPS) is 12.5. The van der Waals surface area contributed by atoms with Crippen LogP contribution in [0, 0.1) is 0 Å². The van der Waals surface area contributed by atoms with E-state index in [1.165, 1.54) is 105 Å². The minimum Gasteiger partial charge on any atom is -0.311 e. The Morgan fingerprint density at radius 1 is 0.271 bits per heavy atom. The van der Waals surface area contributed by atoms with Crippen LogP contribution in [0.25, 0.3) is 72.0 Å². The lowest BCUT2D eigenvalue weighted by Crippen LogP contribution is -2.61. The first-order chi connectivity index (χ1) is 34.7. The summed E-state index contributed by atoms with van der Waals surface area (Å²) in [4.78, 5) is 5.07. The summed E-state index contributed by atoms with van der Waals surface area (Å²) < 4.78 is 2.48. The molecular weight excluding hydrogens is 846 g/mol. The van der Waals surface area contributed by atoms with Crippen molar-refractivity contribution >= 4 is 79.0 Å². The van der Waals surface area contributed by atoms with Gasteiger partial charge in [-0.3, -0.25) is 0 Å². The molecule has 0 amide bonds. The third-order valence-corrected chi connectivity index (χ3v) is 14.6. The zero-order valence-electron chi connectivity index (χ0n) is 38.3. The molecule has 2 aliphatic heterocycles. The largest absolute Gasteiger partial charge is 0.311 e. The molecule has 14 rings (SSSR count). The Morgan fingerprint density at radius 3 is 1.36 bits per heavy atom. The smallest absolute Gasteiger partial charge is 0.252 e. The number of rotatable bonds is 7. The summed E-state index contributed by atoms with van der Waals surface area (Å²) in [5.41, 5.74) is 24.0. The second kappa shape index (κ2) is 16.3. The first-order valence-electron chi connectivity index (χ1n) is 24.2. The molecule has 326 valence electrons. The van der Waals surface area contributed by atoms with E-state index in [2.05, 4.69) is 281 Å². The average molecular weight is 890 g/mol. The van der Waals surface area contributed by atoms with E-state index in [-0.39, 0.29) is 6.71 Å². The Kier molecular flexibility index (Phi) is 9.31. The highest BCUT2D eigenvalue weighted by atomic mass is 15.2. The number of aromatic nitrogens is 1. The van der Waals surface area contributed by atoms with E-state index in [1.807, 2.05) is 0 Å². The molecule has 11 aromatic carbocycles. The summed E-state index contributed by atoms with van der Waals surface area (Å²) in [5, 5.41) is 2.46. The van der Waals surface area contributed by atoms with Gasteiger partial charge in [0.15, 0.2) is 0 Å². The highest BCUT2D eigenvalue weighted by molar-refractivity contribution is 7.00. The summed E-state index contributed by atoms with van der Waals surface area (Å²) in [6, 6.07) is 98.1. The monoisotopic (exact) mass is 889 g/mol. The van der Waals surface area contributed by atoms with Gasteiger partial charge < -0.3 is 14.4 Å². The van der Waals surface area contributed by atoms with Crippen LogP contribution < -0.4 is 26.2 Å². The van der Waals surface area contributed by atoms with Gasteiger partial charge in [-0.25, -0.2) is 0 Å². The predicted molar refractivity (Wildman–Crippen MR) is 297 cm³/mol. The zero-order chi connectivity index (χ0) is 46.1. The fourth-order valence-corrected chi connectivity index (χ4v) is 11.4. The van der Waals surface area contributed by atoms with Crippen LogP contribution in [0.1, 0.15) is 0 Å². The minimum absolute atomic E-state index is 0.0625. The topological polar surface area (TPSA) is 11.4 Å². The van der Waals surface area contributed by atoms with Crippen LogP contribution in [-0.2, 0) is 0 Å². The third kappa shape index (κ3) is 6.38. The van der Waals surface area contributed by atoms with Crippen molar-refractivity contribution in [2.45, 2.75) is 0 Å². The Morgan fingerprint density at radius 2 is 0.743 bits per heavy atom. The van der Waals surface area contributed by atoms with Crippen LogP contribution in [0.4, 0.5) is 34.1 Å². The number of anilines is 6. The molecule has 0 aliphatic carbocycles. The summed E-state index contributed by atoms with van der Waals surface area (Å²) in [6.07, 6.45) is 0. The third-order valence-electron chi connectivity index (χ3n) is 14.6. The van der Waals surface area contributed by atoms with Crippen molar-refractivity contribution in [1.82, 2.24) is 4.57 Å². The molecule has 0 saturated heterocycles. The van der Waals surface area contributed by atoms with Gasteiger partial charge >= 0.3 is 0 Å². The van der Waals surface area contributed by atoms with Gasteiger partial charge in [-0.15, -0.1) is 0 Å². The molecule has 0 N–H and O–H groups in total. The molecule has 1 aromatic heterocycles. The van der Waals surface area contributed by atoms with Crippen molar-refractivity contribution in [3.05, 3.63) is 267 Å². The van der Waals surface area contributed by atoms with Crippen LogP contribution >= 0.6 is 0 Å². The molecule has 0 bridgehead atoms. The molecule has 12 aromatic rings. The first kappa shape index (κ1) is 40.0. The fourth-order valence-electron chi connectivity index (χ4n) is 11.4. The molecular formula is C66H44BN3. The van der Waals surface area contributed by atoms with Crippen molar-refractivity contribution in [2.75, 3.05) is 9.80 Å². The lowest BCUT2D eigenvalue weighted by molar-refractivity contribution is 1.18. The molecule has 0 fully saturated rings. The van der Waals surface area contributed by atoms with Gasteiger partial charge in [0.2, 0.25) is 0 Å². The highest BCUT2D eigenvalue weighted by Gasteiger charge is 2.44. The molecule has 0 saturated carbocycles. The van der Waals surface area contributed by atoms with Crippen LogP contribution in [0.2, 0.25) is 0 Å². The quantitative estimate of drug-likeness (QED) is 0.148. The molecule has 2 aliphatic rings. The van der Waals surface area contributed by atoms with E-state index in [9.17, 15) is 0 Å². The summed E-state index contributed by atoms with van der Waals surface area (Å²) in [6.45, 7) is -0.0625. The van der Waals surface area contributed by atoms with E-state index < -0.39 is 0 Å². The Bertz CT molecular complexity index is 3920. The zero-order valence-corrected chi connectivity index (χ0v) is 38.3. The SMILES string of the molecule is c1ccc(-c2ccc(N3c4ccc(-c5ccccc5)cc4B4c5ccc6c(c5N(c5ccc(-c7ccccc7)cc5)c5cccc3c54)c3ccccc3n6-c3cccc(-c4ccccc4)c3)cc2)cc1. The van der Waals surface area contributed by atoms with Crippen LogP contribution in [0.3, 0.4) is 0 Å². The number of nitrogens with zero attached hydrogens (tertiary/aromatic N) is 3. The van der Waals surface area contributed by atoms with Gasteiger partial charge in [0, 0.05) is 44.9 Å². The summed E-state index contributed by atoms with van der Waals surface area (Å²) in [7, 11) is 0. The van der Waals surface area contributed by atoms with E-state index in [0.29, 0.717) is 0 Å². The second-order valence-corrected chi connectivity index (χ2v) is 18.4. The predicted octanol–water partition coefficient (Wildman–Crippen LogP) is 15.5. The maximum atomic E-state index is 2.57. The number of hydrogen-bond acceptors (Lipinski definition) is 2. The Hall–Kier alpha value is -9.12. The molecule has 0 atom stereocenters. The van der Waals surface area contributed by atoms with Crippen molar-refractivity contribution in [2.24, 2.45) is 0 Å². The van der Waals surface area contributed by atoms with Crippen molar-refractivity contribution in [3.63, 3.8) is 0 Å². The lowest BCUT2D eigenvalue weighted by atomic mass is 9.33. The van der Waals surface area contributed by atoms with E-state index in [0.717, 1.165) is 17.1 Å². The van der Waals surface area contributed by atoms with Gasteiger partial charge in [0.05, 0.1) is 16.7 Å². The van der Waals surface area contributed by atoms with Gasteiger partial charge in [-0.1, -0.05) is 200 Å². The molecule has 0 radical (unpaired) electrons. The number of benzene rings is 11. The van der Waals surface area contributed by atoms with Gasteiger partial charge in [-0.05, 0) is 128 Å². The fraction of sp³-hybridized carbons (Fsp3) is 0. The lowest BCUT2D eigenvalue weighted by Gasteiger charge is -2.44. The number of para-hydroxylation sites is 1. The van der Waals surface area contributed by atoms with E-state index in [1.54, 1.807) is 0 Å². The van der Waals surface area contributed by atoms with Crippen molar-refractivity contribution in [1.29, 1.82) is 0 Å². The van der Waals surface area contributed by atoms with Gasteiger partial charge in [0.1, 0.15) is 0 Å². The molecule has 3 heterocycles. The summed E-state index contributed by atoms with van der Waals surface area (Å²) >= 11 is 0. The number of hydrogen-bond donors (Lipinski definition) is 0.